The molecule has 1 aromatic heterocycles. The van der Waals surface area contributed by atoms with Gasteiger partial charge in [-0.25, -0.2) is 4.98 Å². The summed E-state index contributed by atoms with van der Waals surface area (Å²) in [4.78, 5) is 31.5. The van der Waals surface area contributed by atoms with E-state index in [9.17, 15) is 9.59 Å². The first-order valence-corrected chi connectivity index (χ1v) is 8.76. The van der Waals surface area contributed by atoms with Gasteiger partial charge in [0.25, 0.3) is 5.91 Å². The van der Waals surface area contributed by atoms with E-state index in [1.165, 1.54) is 7.11 Å². The Balaban J connectivity index is 1.80. The molecule has 0 aliphatic carbocycles. The average molecular weight is 374 g/mol. The highest BCUT2D eigenvalue weighted by Gasteiger charge is 2.35. The smallest absolute Gasteiger partial charge is 0.258 e. The molecule has 0 bridgehead atoms. The predicted molar refractivity (Wildman–Crippen MR) is 99.7 cm³/mol. The fraction of sp³-hybridized carbons (Fsp3) is 0.316. The first-order chi connectivity index (χ1) is 12.5. The zero-order valence-electron chi connectivity index (χ0n) is 14.7. The molecular weight excluding hydrogens is 354 g/mol. The number of pyridine rings is 1. The van der Waals surface area contributed by atoms with Crippen LogP contribution in [0.15, 0.2) is 36.4 Å². The largest absolute Gasteiger partial charge is 0.496 e. The van der Waals surface area contributed by atoms with Crippen molar-refractivity contribution in [2.45, 2.75) is 25.8 Å². The summed E-state index contributed by atoms with van der Waals surface area (Å²) in [5.41, 5.74) is 1.17. The van der Waals surface area contributed by atoms with Crippen molar-refractivity contribution in [1.29, 1.82) is 0 Å². The van der Waals surface area contributed by atoms with E-state index in [1.54, 1.807) is 29.2 Å². The van der Waals surface area contributed by atoms with Gasteiger partial charge in [0, 0.05) is 17.3 Å². The third-order valence-corrected chi connectivity index (χ3v) is 4.58. The summed E-state index contributed by atoms with van der Waals surface area (Å²) in [5.74, 6) is 0.412. The molecule has 0 spiro atoms. The summed E-state index contributed by atoms with van der Waals surface area (Å²) < 4.78 is 5.27. The molecule has 0 radical (unpaired) electrons. The van der Waals surface area contributed by atoms with Gasteiger partial charge >= 0.3 is 0 Å². The number of halogens is 1. The number of rotatable bonds is 4. The topological polar surface area (TPSA) is 71.5 Å². The Morgan fingerprint density at radius 3 is 2.85 bits per heavy atom. The number of aryl methyl sites for hydroxylation is 1. The molecule has 1 fully saturated rings. The van der Waals surface area contributed by atoms with E-state index in [-0.39, 0.29) is 11.8 Å². The molecule has 136 valence electrons. The molecule has 1 saturated heterocycles. The van der Waals surface area contributed by atoms with Crippen LogP contribution in [0.25, 0.3) is 0 Å². The van der Waals surface area contributed by atoms with Crippen LogP contribution in [-0.4, -0.2) is 41.4 Å². The number of nitrogens with one attached hydrogen (secondary N) is 1. The minimum absolute atomic E-state index is 0.241. The Morgan fingerprint density at radius 1 is 1.31 bits per heavy atom. The highest BCUT2D eigenvalue weighted by molar-refractivity contribution is 6.31. The third kappa shape index (κ3) is 3.80. The minimum Gasteiger partial charge on any atom is -0.496 e. The molecule has 2 aromatic rings. The summed E-state index contributed by atoms with van der Waals surface area (Å²) in [6, 6.07) is 9.74. The van der Waals surface area contributed by atoms with Crippen molar-refractivity contribution in [2.75, 3.05) is 19.0 Å². The summed E-state index contributed by atoms with van der Waals surface area (Å²) in [6.07, 6.45) is 1.36. The molecule has 1 aliphatic heterocycles. The SMILES string of the molecule is COc1ccc(Cl)cc1C(=O)N1CCC[C@@H]1C(=O)Nc1cccc(C)n1. The molecule has 2 amide bonds. The summed E-state index contributed by atoms with van der Waals surface area (Å²) in [5, 5.41) is 3.24. The minimum atomic E-state index is -0.548. The second kappa shape index (κ2) is 7.74. The molecular formula is C19H20ClN3O3. The Bertz CT molecular complexity index is 841. The lowest BCUT2D eigenvalue weighted by Gasteiger charge is -2.24. The molecule has 1 atom stereocenters. The summed E-state index contributed by atoms with van der Waals surface area (Å²) in [7, 11) is 1.50. The number of nitrogens with zero attached hydrogens (tertiary/aromatic N) is 2. The van der Waals surface area contributed by atoms with Gasteiger partial charge in [0.1, 0.15) is 17.6 Å². The van der Waals surface area contributed by atoms with Crippen LogP contribution >= 0.6 is 11.6 Å². The zero-order chi connectivity index (χ0) is 18.7. The van der Waals surface area contributed by atoms with Gasteiger partial charge in [0.05, 0.1) is 12.7 Å². The van der Waals surface area contributed by atoms with Gasteiger partial charge in [0.2, 0.25) is 5.91 Å². The third-order valence-electron chi connectivity index (χ3n) is 4.35. The van der Waals surface area contributed by atoms with Crippen LogP contribution in [0, 0.1) is 6.92 Å². The lowest BCUT2D eigenvalue weighted by Crippen LogP contribution is -2.43. The summed E-state index contributed by atoms with van der Waals surface area (Å²) >= 11 is 6.03. The maximum atomic E-state index is 13.0. The molecule has 1 N–H and O–H groups in total. The molecule has 2 heterocycles. The number of methoxy groups -OCH3 is 1. The van der Waals surface area contributed by atoms with Crippen molar-refractivity contribution in [3.8, 4) is 5.75 Å². The molecule has 3 rings (SSSR count). The number of carbonyl (C=O) groups is 2. The van der Waals surface area contributed by atoms with Crippen LogP contribution in [0.3, 0.4) is 0 Å². The second-order valence-corrected chi connectivity index (χ2v) is 6.59. The van der Waals surface area contributed by atoms with Gasteiger partial charge in [0.15, 0.2) is 0 Å². The number of benzene rings is 1. The number of anilines is 1. The number of ether oxygens (including phenoxy) is 1. The number of hydrogen-bond donors (Lipinski definition) is 1. The molecule has 6 nitrogen and oxygen atoms in total. The normalized spacial score (nSPS) is 16.4. The Hall–Kier alpha value is -2.60. The maximum Gasteiger partial charge on any atom is 0.258 e. The van der Waals surface area contributed by atoms with Gasteiger partial charge in [-0.05, 0) is 50.1 Å². The first-order valence-electron chi connectivity index (χ1n) is 8.38. The number of aromatic nitrogens is 1. The van der Waals surface area contributed by atoms with E-state index in [0.717, 1.165) is 12.1 Å². The Kier molecular flexibility index (Phi) is 5.42. The quantitative estimate of drug-likeness (QED) is 0.892. The van der Waals surface area contributed by atoms with Gasteiger partial charge < -0.3 is 15.0 Å². The maximum absolute atomic E-state index is 13.0. The molecule has 0 saturated carbocycles. The molecule has 26 heavy (non-hydrogen) atoms. The van der Waals surface area contributed by atoms with Crippen LogP contribution in [0.4, 0.5) is 5.82 Å². The van der Waals surface area contributed by atoms with Gasteiger partial charge in [-0.3, -0.25) is 9.59 Å². The molecule has 7 heteroatoms. The van der Waals surface area contributed by atoms with E-state index < -0.39 is 6.04 Å². The number of likely N-dealkylation sites (tertiary alicyclic amines) is 1. The fourth-order valence-electron chi connectivity index (χ4n) is 3.11. The lowest BCUT2D eigenvalue weighted by molar-refractivity contribution is -0.119. The fourth-order valence-corrected chi connectivity index (χ4v) is 3.28. The van der Waals surface area contributed by atoms with Crippen LogP contribution in [-0.2, 0) is 4.79 Å². The predicted octanol–water partition coefficient (Wildman–Crippen LogP) is 3.30. The second-order valence-electron chi connectivity index (χ2n) is 6.15. The number of carbonyl (C=O) groups excluding carboxylic acids is 2. The van der Waals surface area contributed by atoms with Crippen molar-refractivity contribution in [1.82, 2.24) is 9.88 Å². The van der Waals surface area contributed by atoms with E-state index in [1.807, 2.05) is 19.1 Å². The van der Waals surface area contributed by atoms with Crippen LogP contribution in [0.5, 0.6) is 5.75 Å². The standard InChI is InChI=1S/C19H20ClN3O3/c1-12-5-3-7-17(21-12)22-18(24)15-6-4-10-23(15)19(25)14-11-13(20)8-9-16(14)26-2/h3,5,7-9,11,15H,4,6,10H2,1-2H3,(H,21,22,24)/t15-/m1/s1. The number of hydrogen-bond acceptors (Lipinski definition) is 4. The highest BCUT2D eigenvalue weighted by Crippen LogP contribution is 2.28. The van der Waals surface area contributed by atoms with Crippen molar-refractivity contribution < 1.29 is 14.3 Å². The number of amides is 2. The van der Waals surface area contributed by atoms with E-state index in [0.29, 0.717) is 35.1 Å². The zero-order valence-corrected chi connectivity index (χ0v) is 15.4. The first kappa shape index (κ1) is 18.2. The van der Waals surface area contributed by atoms with E-state index in [2.05, 4.69) is 10.3 Å². The summed E-state index contributed by atoms with van der Waals surface area (Å²) in [6.45, 7) is 2.36. The monoisotopic (exact) mass is 373 g/mol. The van der Waals surface area contributed by atoms with Crippen molar-refractivity contribution in [3.05, 3.63) is 52.7 Å². The highest BCUT2D eigenvalue weighted by atomic mass is 35.5. The van der Waals surface area contributed by atoms with Gasteiger partial charge in [-0.15, -0.1) is 0 Å². The van der Waals surface area contributed by atoms with Crippen molar-refractivity contribution >= 4 is 29.2 Å². The average Bonchev–Trinajstić information content (AvgIpc) is 3.11. The van der Waals surface area contributed by atoms with Gasteiger partial charge in [-0.2, -0.15) is 0 Å². The van der Waals surface area contributed by atoms with E-state index >= 15 is 0 Å². The Labute approximate surface area is 157 Å². The van der Waals surface area contributed by atoms with Crippen LogP contribution in [0.2, 0.25) is 5.02 Å². The molecule has 1 aliphatic rings. The molecule has 0 unspecified atom stereocenters. The van der Waals surface area contributed by atoms with Crippen molar-refractivity contribution in [2.24, 2.45) is 0 Å². The van der Waals surface area contributed by atoms with E-state index in [4.69, 9.17) is 16.3 Å². The van der Waals surface area contributed by atoms with Crippen molar-refractivity contribution in [3.63, 3.8) is 0 Å². The molecule has 1 aromatic carbocycles. The van der Waals surface area contributed by atoms with Crippen LogP contribution in [0.1, 0.15) is 28.9 Å². The van der Waals surface area contributed by atoms with Crippen LogP contribution < -0.4 is 10.1 Å². The Morgan fingerprint density at radius 2 is 2.12 bits per heavy atom. The van der Waals surface area contributed by atoms with Gasteiger partial charge in [-0.1, -0.05) is 17.7 Å². The lowest BCUT2D eigenvalue weighted by atomic mass is 10.1.